The molecule has 60 heavy (non-hydrogen) atoms. The van der Waals surface area contributed by atoms with Gasteiger partial charge < -0.3 is 42.6 Å². The summed E-state index contributed by atoms with van der Waals surface area (Å²) in [6.07, 6.45) is 2.78. The van der Waals surface area contributed by atoms with E-state index in [9.17, 15) is 28.8 Å². The molecule has 0 spiro atoms. The van der Waals surface area contributed by atoms with Crippen LogP contribution in [0.4, 0.5) is 0 Å². The van der Waals surface area contributed by atoms with E-state index < -0.39 is 63.8 Å². The number of cyclic esters (lactones) is 3. The first-order valence-electron chi connectivity index (χ1n) is 21.0. The summed E-state index contributed by atoms with van der Waals surface area (Å²) in [4.78, 5) is 72.0. The summed E-state index contributed by atoms with van der Waals surface area (Å²) in [5.41, 5.74) is 0. The van der Waals surface area contributed by atoms with Gasteiger partial charge in [-0.25, -0.2) is 28.8 Å². The summed E-state index contributed by atoms with van der Waals surface area (Å²) in [6, 6.07) is 0. The van der Waals surface area contributed by atoms with Crippen LogP contribution in [-0.4, -0.2) is 93.3 Å². The van der Waals surface area contributed by atoms with Crippen molar-refractivity contribution < 1.29 is 103 Å². The number of alkyl halides is 1. The summed E-state index contributed by atoms with van der Waals surface area (Å²) in [5.74, 6) is -7.28. The van der Waals surface area contributed by atoms with Gasteiger partial charge in [-0.2, -0.15) is 0 Å². The summed E-state index contributed by atoms with van der Waals surface area (Å²) < 4.78 is 51.6. The van der Waals surface area contributed by atoms with Crippen molar-refractivity contribution in [3.8, 4) is 0 Å². The topological polar surface area (TPSA) is 185 Å². The van der Waals surface area contributed by atoms with Gasteiger partial charge in [0.1, 0.15) is 0 Å². The number of ether oxygens (including phenoxy) is 9. The Labute approximate surface area is 392 Å². The molecule has 342 valence electrons. The zero-order valence-electron chi connectivity index (χ0n) is 39.4. The number of hydrogen-bond donors (Lipinski definition) is 0. The molecule has 0 aromatic carbocycles. The van der Waals surface area contributed by atoms with Crippen LogP contribution in [0.25, 0.3) is 0 Å². The molecule has 5 unspecified atom stereocenters. The van der Waals surface area contributed by atoms with Gasteiger partial charge in [0.05, 0.1) is 19.8 Å². The van der Waals surface area contributed by atoms with Crippen LogP contribution in [0.3, 0.4) is 0 Å². The molecule has 15 nitrogen and oxygen atoms in total. The summed E-state index contributed by atoms with van der Waals surface area (Å²) in [7, 11) is 3.75. The average Bonchev–Trinajstić information content (AvgIpc) is 3.68. The van der Waals surface area contributed by atoms with Gasteiger partial charge in [0.15, 0.2) is 6.10 Å². The van der Waals surface area contributed by atoms with Crippen molar-refractivity contribution in [1.29, 1.82) is 1.34 Å². The second-order valence-electron chi connectivity index (χ2n) is 17.0. The van der Waals surface area contributed by atoms with Crippen molar-refractivity contribution >= 4 is 60.1 Å². The molecule has 3 aliphatic heterocycles. The average molecular weight is 1140 g/mol. The zero-order chi connectivity index (χ0) is 46.8. The minimum atomic E-state index is -1.64. The maximum Gasteiger partial charge on any atom is 0.392 e. The van der Waals surface area contributed by atoms with Crippen LogP contribution >= 0.6 is 15.9 Å². The van der Waals surface area contributed by atoms with Crippen LogP contribution in [0.2, 0.25) is 0 Å². The van der Waals surface area contributed by atoms with E-state index in [0.29, 0.717) is 19.3 Å². The second-order valence-corrected chi connectivity index (χ2v) is 18.2. The Morgan fingerprint density at radius 1 is 0.650 bits per heavy atom. The smallest absolute Gasteiger partial charge is 0.392 e. The van der Waals surface area contributed by atoms with Crippen LogP contribution in [0.5, 0.6) is 0 Å². The van der Waals surface area contributed by atoms with Gasteiger partial charge in [-0.15, -0.1) is 0 Å². The van der Waals surface area contributed by atoms with Gasteiger partial charge in [-0.3, -0.25) is 0 Å². The SMILES string of the molecule is CCOC(=O)C1(CC(C)C)OC(=O)/C(=C/C(C)C)O1.CCOC(=O)C1(CC(C)C)OC(=O)C(Br)(CC(C)C)O1.CCOC(=O)C1(CC(C)C)OC(=O)C(CC(C)C)O1.[2H][B].[U]. The molecular weight excluding hydrogens is 1070 g/mol. The number of esters is 6. The number of carbonyl (C=O) groups excluding carboxylic acids is 6. The normalized spacial score (nSPS) is 26.4. The van der Waals surface area contributed by atoms with Crippen molar-refractivity contribution in [3.05, 3.63) is 11.8 Å². The van der Waals surface area contributed by atoms with Crippen LogP contribution in [-0.2, 0) is 71.4 Å². The quantitative estimate of drug-likeness (QED) is 0.0475. The number of rotatable bonds is 17. The molecule has 0 bridgehead atoms. The third-order valence-electron chi connectivity index (χ3n) is 8.11. The number of carbonyl (C=O) groups is 6. The van der Waals surface area contributed by atoms with E-state index in [1.807, 2.05) is 83.1 Å². The summed E-state index contributed by atoms with van der Waals surface area (Å²) in [6.45, 7) is 29.1. The number of hydrogen-bond acceptors (Lipinski definition) is 15. The fourth-order valence-corrected chi connectivity index (χ4v) is 7.24. The Hall–Kier alpha value is -2.12. The van der Waals surface area contributed by atoms with E-state index in [1.165, 1.54) is 0 Å². The van der Waals surface area contributed by atoms with Gasteiger partial charge in [0.2, 0.25) is 10.3 Å². The van der Waals surface area contributed by atoms with Crippen molar-refractivity contribution in [2.45, 2.75) is 164 Å². The van der Waals surface area contributed by atoms with E-state index in [1.54, 1.807) is 26.8 Å². The molecule has 0 amide bonds. The minimum absolute atomic E-state index is 0. The first-order valence-corrected chi connectivity index (χ1v) is 21.2. The molecule has 3 aliphatic rings. The fourth-order valence-electron chi connectivity index (χ4n) is 6.25. The molecule has 5 atom stereocenters. The number of allylic oxidation sites excluding steroid dienone is 1. The molecular formula is C42H70BBrO15U. The number of halogens is 1. The maximum absolute atomic E-state index is 12.2. The van der Waals surface area contributed by atoms with Gasteiger partial charge in [0.25, 0.3) is 0 Å². The standard InChI is InChI=1S/C14H23BrO5.C14H24O5.C14H22O5.BH.U/c1-6-18-12(17)14(8-10(4)5)19-11(16)13(15,20-14)7-9(2)3;2*1-6-17-13(16)14(8-10(4)5)18-11(7-9(2)3)12(15)19-14;;/h9-10H,6-8H2,1-5H3;9-11H,6-8H2,1-5H3;7,9-10H,6,8H2,1-5H3;1H;/b;;11-7-;;/i;;;1D;. The third-order valence-corrected chi connectivity index (χ3v) is 8.92. The fraction of sp³-hybridized carbons (Fsp3) is 0.810. The second kappa shape index (κ2) is 26.5. The zero-order valence-corrected chi connectivity index (χ0v) is 44.1. The van der Waals surface area contributed by atoms with Gasteiger partial charge in [-0.05, 0) is 92.5 Å². The van der Waals surface area contributed by atoms with Crippen molar-refractivity contribution in [2.24, 2.45) is 35.5 Å². The minimum Gasteiger partial charge on any atom is -0.461 e. The Kier molecular flexibility index (Phi) is 25.6. The predicted octanol–water partition coefficient (Wildman–Crippen LogP) is 7.04. The van der Waals surface area contributed by atoms with E-state index in [0.717, 1.165) is 0 Å². The van der Waals surface area contributed by atoms with E-state index in [-0.39, 0.29) is 105 Å². The molecule has 3 fully saturated rings. The third kappa shape index (κ3) is 17.6. The molecule has 0 aliphatic carbocycles. The molecule has 18 heteroatoms. The van der Waals surface area contributed by atoms with Crippen molar-refractivity contribution in [2.75, 3.05) is 19.8 Å². The van der Waals surface area contributed by atoms with Gasteiger partial charge >= 0.3 is 53.2 Å². The summed E-state index contributed by atoms with van der Waals surface area (Å²) >= 11 is 3.29. The van der Waals surface area contributed by atoms with Crippen LogP contribution in [0.15, 0.2) is 11.8 Å². The van der Waals surface area contributed by atoms with Crippen molar-refractivity contribution in [3.63, 3.8) is 0 Å². The molecule has 3 heterocycles. The van der Waals surface area contributed by atoms with Gasteiger partial charge in [0, 0.05) is 58.8 Å². The Morgan fingerprint density at radius 2 is 1.07 bits per heavy atom. The largest absolute Gasteiger partial charge is 0.461 e. The molecule has 3 rings (SSSR count). The molecule has 2 radical (unpaired) electrons. The molecule has 0 aromatic heterocycles. The summed E-state index contributed by atoms with van der Waals surface area (Å²) in [5, 5.41) is 0. The van der Waals surface area contributed by atoms with Crippen LogP contribution in [0.1, 0.15) is 136 Å². The Morgan fingerprint density at radius 3 is 1.48 bits per heavy atom. The molecule has 0 N–H and O–H groups in total. The Balaban J connectivity index is 0. The maximum atomic E-state index is 12.2. The van der Waals surface area contributed by atoms with Crippen molar-refractivity contribution in [1.82, 2.24) is 0 Å². The monoisotopic (exact) mass is 1140 g/mol. The first kappa shape index (κ1) is 57.9. The molecule has 0 saturated carbocycles. The molecule has 3 saturated heterocycles. The molecule has 0 aromatic rings. The first-order chi connectivity index (χ1) is 27.8. The van der Waals surface area contributed by atoms with E-state index >= 15 is 0 Å². The Bertz CT molecular complexity index is 1460. The van der Waals surface area contributed by atoms with E-state index in [2.05, 4.69) is 24.3 Å². The van der Waals surface area contributed by atoms with Crippen LogP contribution in [0, 0.1) is 66.6 Å². The van der Waals surface area contributed by atoms with E-state index in [4.69, 9.17) is 44.0 Å². The van der Waals surface area contributed by atoms with Gasteiger partial charge in [-0.1, -0.05) is 83.1 Å². The van der Waals surface area contributed by atoms with Crippen LogP contribution < -0.4 is 0 Å². The predicted molar refractivity (Wildman–Crippen MR) is 222 cm³/mol.